The molecule has 0 radical (unpaired) electrons. The number of carboxylic acids is 1. The number of rotatable bonds is 2. The highest BCUT2D eigenvalue weighted by Crippen LogP contribution is 2.32. The Labute approximate surface area is 109 Å². The van der Waals surface area contributed by atoms with Crippen LogP contribution in [-0.4, -0.2) is 11.1 Å². The van der Waals surface area contributed by atoms with Crippen LogP contribution in [0.25, 0.3) is 11.1 Å². The minimum absolute atomic E-state index is 0.105. The van der Waals surface area contributed by atoms with Gasteiger partial charge in [0.05, 0.1) is 5.56 Å². The highest BCUT2D eigenvalue weighted by atomic mass is 35.5. The highest BCUT2D eigenvalue weighted by molar-refractivity contribution is 6.33. The lowest BCUT2D eigenvalue weighted by Gasteiger charge is -2.09. The molecule has 0 atom stereocenters. The van der Waals surface area contributed by atoms with Crippen LogP contribution in [-0.2, 0) is 0 Å². The van der Waals surface area contributed by atoms with Crippen LogP contribution in [0.5, 0.6) is 0 Å². The van der Waals surface area contributed by atoms with Gasteiger partial charge in [0, 0.05) is 10.6 Å². The topological polar surface area (TPSA) is 37.3 Å². The van der Waals surface area contributed by atoms with E-state index in [2.05, 4.69) is 0 Å². The number of hydrogen-bond donors (Lipinski definition) is 1. The van der Waals surface area contributed by atoms with E-state index >= 15 is 0 Å². The van der Waals surface area contributed by atoms with Crippen molar-refractivity contribution in [1.29, 1.82) is 0 Å². The minimum Gasteiger partial charge on any atom is -0.478 e. The summed E-state index contributed by atoms with van der Waals surface area (Å²) in [5.74, 6) is -1.52. The van der Waals surface area contributed by atoms with Gasteiger partial charge in [-0.2, -0.15) is 0 Å². The fourth-order valence-corrected chi connectivity index (χ4v) is 1.99. The maximum atomic E-state index is 13.3. The van der Waals surface area contributed by atoms with Gasteiger partial charge in [-0.05, 0) is 36.8 Å². The second-order valence-electron chi connectivity index (χ2n) is 3.98. The Hall–Kier alpha value is -1.87. The van der Waals surface area contributed by atoms with Gasteiger partial charge in [-0.1, -0.05) is 29.3 Å². The molecule has 92 valence electrons. The summed E-state index contributed by atoms with van der Waals surface area (Å²) in [7, 11) is 0. The normalized spacial score (nSPS) is 10.4. The van der Waals surface area contributed by atoms with Gasteiger partial charge in [-0.3, -0.25) is 0 Å². The van der Waals surface area contributed by atoms with Crippen molar-refractivity contribution in [1.82, 2.24) is 0 Å². The third kappa shape index (κ3) is 2.36. The van der Waals surface area contributed by atoms with E-state index in [0.717, 1.165) is 5.56 Å². The van der Waals surface area contributed by atoms with Crippen molar-refractivity contribution in [3.05, 3.63) is 58.4 Å². The monoisotopic (exact) mass is 264 g/mol. The van der Waals surface area contributed by atoms with Crippen molar-refractivity contribution < 1.29 is 14.3 Å². The molecule has 2 nitrogen and oxygen atoms in total. The number of carboxylic acid groups (broad SMARTS) is 1. The van der Waals surface area contributed by atoms with Crippen LogP contribution in [0.1, 0.15) is 15.9 Å². The van der Waals surface area contributed by atoms with Crippen molar-refractivity contribution in [2.24, 2.45) is 0 Å². The molecule has 0 saturated heterocycles. The summed E-state index contributed by atoms with van der Waals surface area (Å²) in [6.07, 6.45) is 0. The van der Waals surface area contributed by atoms with E-state index in [1.165, 1.54) is 24.3 Å². The molecule has 1 N–H and O–H groups in total. The predicted octanol–water partition coefficient (Wildman–Crippen LogP) is 4.15. The average molecular weight is 265 g/mol. The van der Waals surface area contributed by atoms with E-state index in [1.807, 2.05) is 6.92 Å². The average Bonchev–Trinajstić information content (AvgIpc) is 2.31. The van der Waals surface area contributed by atoms with E-state index in [9.17, 15) is 9.18 Å². The molecule has 2 aromatic carbocycles. The largest absolute Gasteiger partial charge is 0.478 e. The summed E-state index contributed by atoms with van der Waals surface area (Å²) in [6, 6.07) is 8.77. The van der Waals surface area contributed by atoms with Gasteiger partial charge in [-0.15, -0.1) is 0 Å². The molecule has 4 heteroatoms. The molecule has 0 bridgehead atoms. The molecule has 0 aliphatic rings. The molecule has 0 amide bonds. The van der Waals surface area contributed by atoms with Crippen molar-refractivity contribution >= 4 is 17.6 Å². The Morgan fingerprint density at radius 2 is 1.89 bits per heavy atom. The number of carbonyl (C=O) groups is 1. The van der Waals surface area contributed by atoms with Crippen molar-refractivity contribution in [2.75, 3.05) is 0 Å². The first-order valence-electron chi connectivity index (χ1n) is 5.28. The quantitative estimate of drug-likeness (QED) is 0.885. The number of hydrogen-bond acceptors (Lipinski definition) is 1. The summed E-state index contributed by atoms with van der Waals surface area (Å²) in [4.78, 5) is 11.2. The Bertz CT molecular complexity index is 623. The Balaban J connectivity index is 2.73. The second kappa shape index (κ2) is 4.78. The van der Waals surface area contributed by atoms with E-state index in [4.69, 9.17) is 16.7 Å². The van der Waals surface area contributed by atoms with Crippen LogP contribution >= 0.6 is 11.6 Å². The fourth-order valence-electron chi connectivity index (χ4n) is 1.77. The van der Waals surface area contributed by atoms with E-state index < -0.39 is 11.8 Å². The van der Waals surface area contributed by atoms with Crippen LogP contribution < -0.4 is 0 Å². The van der Waals surface area contributed by atoms with Crippen molar-refractivity contribution in [3.63, 3.8) is 0 Å². The number of halogens is 2. The zero-order valence-electron chi connectivity index (χ0n) is 9.58. The number of benzene rings is 2. The zero-order chi connectivity index (χ0) is 13.3. The summed E-state index contributed by atoms with van der Waals surface area (Å²) in [6.45, 7) is 1.84. The zero-order valence-corrected chi connectivity index (χ0v) is 10.3. The van der Waals surface area contributed by atoms with E-state index in [-0.39, 0.29) is 5.56 Å². The summed E-state index contributed by atoms with van der Waals surface area (Å²) < 4.78 is 13.3. The predicted molar refractivity (Wildman–Crippen MR) is 68.5 cm³/mol. The van der Waals surface area contributed by atoms with Gasteiger partial charge in [0.1, 0.15) is 5.82 Å². The van der Waals surface area contributed by atoms with Crippen LogP contribution in [0.3, 0.4) is 0 Å². The first-order valence-corrected chi connectivity index (χ1v) is 5.66. The lowest BCUT2D eigenvalue weighted by molar-refractivity contribution is 0.0697. The third-order valence-electron chi connectivity index (χ3n) is 2.62. The van der Waals surface area contributed by atoms with Gasteiger partial charge < -0.3 is 5.11 Å². The molecule has 0 spiro atoms. The first kappa shape index (κ1) is 12.6. The van der Waals surface area contributed by atoms with Gasteiger partial charge in [0.2, 0.25) is 0 Å². The van der Waals surface area contributed by atoms with E-state index in [1.54, 1.807) is 12.1 Å². The first-order chi connectivity index (χ1) is 8.49. The molecule has 0 unspecified atom stereocenters. The number of aromatic carboxylic acids is 1. The minimum atomic E-state index is -1.06. The van der Waals surface area contributed by atoms with Gasteiger partial charge >= 0.3 is 5.97 Å². The second-order valence-corrected chi connectivity index (χ2v) is 4.39. The van der Waals surface area contributed by atoms with Gasteiger partial charge in [-0.25, -0.2) is 9.18 Å². The fraction of sp³-hybridized carbons (Fsp3) is 0.0714. The molecule has 2 rings (SSSR count). The highest BCUT2D eigenvalue weighted by Gasteiger charge is 2.14. The summed E-state index contributed by atoms with van der Waals surface area (Å²) >= 11 is 6.00. The lowest BCUT2D eigenvalue weighted by Crippen LogP contribution is -2.00. The summed E-state index contributed by atoms with van der Waals surface area (Å²) in [5, 5.41) is 9.46. The molecule has 0 aliphatic heterocycles. The van der Waals surface area contributed by atoms with Crippen LogP contribution in [0.2, 0.25) is 5.02 Å². The molecule has 0 aromatic heterocycles. The van der Waals surface area contributed by atoms with Gasteiger partial charge in [0.15, 0.2) is 0 Å². The Morgan fingerprint density at radius 1 is 1.17 bits per heavy atom. The molecule has 18 heavy (non-hydrogen) atoms. The SMILES string of the molecule is Cc1ccc(C(=O)O)c(-c2cc(F)ccc2Cl)c1. The van der Waals surface area contributed by atoms with Crippen molar-refractivity contribution in [3.8, 4) is 11.1 Å². The molecular weight excluding hydrogens is 255 g/mol. The van der Waals surface area contributed by atoms with Crippen LogP contribution in [0, 0.1) is 12.7 Å². The standard InChI is InChI=1S/C14H10ClFO2/c1-8-2-4-10(14(17)18)11(6-8)12-7-9(16)3-5-13(12)15/h2-7H,1H3,(H,17,18). The maximum Gasteiger partial charge on any atom is 0.336 e. The van der Waals surface area contributed by atoms with Crippen molar-refractivity contribution in [2.45, 2.75) is 6.92 Å². The van der Waals surface area contributed by atoms with Crippen LogP contribution in [0.15, 0.2) is 36.4 Å². The smallest absolute Gasteiger partial charge is 0.336 e. The molecule has 0 saturated carbocycles. The molecule has 0 aliphatic carbocycles. The molecule has 0 fully saturated rings. The molecule has 2 aromatic rings. The summed E-state index contributed by atoms with van der Waals surface area (Å²) in [5.41, 5.74) is 1.80. The maximum absolute atomic E-state index is 13.3. The van der Waals surface area contributed by atoms with Crippen LogP contribution in [0.4, 0.5) is 4.39 Å². The number of aryl methyl sites for hydroxylation is 1. The third-order valence-corrected chi connectivity index (χ3v) is 2.95. The lowest BCUT2D eigenvalue weighted by atomic mass is 9.97. The molecule has 0 heterocycles. The van der Waals surface area contributed by atoms with E-state index in [0.29, 0.717) is 16.1 Å². The Morgan fingerprint density at radius 3 is 2.56 bits per heavy atom. The Kier molecular flexibility index (Phi) is 3.34. The molecular formula is C14H10ClFO2. The van der Waals surface area contributed by atoms with Gasteiger partial charge in [0.25, 0.3) is 0 Å².